The van der Waals surface area contributed by atoms with Crippen LogP contribution in [0.1, 0.15) is 6.92 Å². The molecule has 7 heteroatoms. The van der Waals surface area contributed by atoms with E-state index in [-0.39, 0.29) is 17.8 Å². The Morgan fingerprint density at radius 1 is 1.07 bits per heavy atom. The zero-order valence-corrected chi connectivity index (χ0v) is 17.3. The van der Waals surface area contributed by atoms with Crippen LogP contribution in [0.5, 0.6) is 11.5 Å². The summed E-state index contributed by atoms with van der Waals surface area (Å²) in [5.41, 5.74) is 1.02. The van der Waals surface area contributed by atoms with Gasteiger partial charge in [0.2, 0.25) is 5.91 Å². The van der Waals surface area contributed by atoms with Gasteiger partial charge in [-0.25, -0.2) is 4.39 Å². The van der Waals surface area contributed by atoms with Gasteiger partial charge in [-0.05, 0) is 43.3 Å². The Hall–Kier alpha value is -2.80. The molecule has 2 aliphatic rings. The van der Waals surface area contributed by atoms with E-state index >= 15 is 0 Å². The molecular formula is C23H28FN3O3. The molecule has 0 radical (unpaired) electrons. The van der Waals surface area contributed by atoms with E-state index in [0.717, 1.165) is 43.4 Å². The third-order valence-electron chi connectivity index (χ3n) is 5.65. The Bertz CT molecular complexity index is 853. The van der Waals surface area contributed by atoms with Gasteiger partial charge in [0.15, 0.2) is 17.6 Å². The summed E-state index contributed by atoms with van der Waals surface area (Å²) in [5.74, 6) is 1.37. The number of nitrogens with zero attached hydrogens (tertiary/aromatic N) is 3. The predicted octanol–water partition coefficient (Wildman–Crippen LogP) is 2.64. The summed E-state index contributed by atoms with van der Waals surface area (Å²) in [6, 6.07) is 14.2. The number of fused-ring (bicyclic) bond motifs is 1. The number of carbonyl (C=O) groups is 1. The molecule has 2 heterocycles. The predicted molar refractivity (Wildman–Crippen MR) is 114 cm³/mol. The maximum Gasteiger partial charge on any atom is 0.236 e. The van der Waals surface area contributed by atoms with Gasteiger partial charge in [0.1, 0.15) is 12.4 Å². The number of rotatable bonds is 6. The first-order valence-corrected chi connectivity index (χ1v) is 10.5. The zero-order chi connectivity index (χ0) is 20.9. The van der Waals surface area contributed by atoms with Gasteiger partial charge >= 0.3 is 0 Å². The van der Waals surface area contributed by atoms with E-state index in [0.29, 0.717) is 26.2 Å². The van der Waals surface area contributed by atoms with Crippen LogP contribution in [0.15, 0.2) is 48.5 Å². The lowest BCUT2D eigenvalue weighted by molar-refractivity contribution is -0.133. The topological polar surface area (TPSA) is 45.3 Å². The Balaban J connectivity index is 1.26. The summed E-state index contributed by atoms with van der Waals surface area (Å²) in [5, 5.41) is 0. The summed E-state index contributed by atoms with van der Waals surface area (Å²) in [7, 11) is 0. The minimum atomic E-state index is -0.224. The minimum Gasteiger partial charge on any atom is -0.486 e. The highest BCUT2D eigenvalue weighted by Crippen LogP contribution is 2.31. The average Bonchev–Trinajstić information content (AvgIpc) is 2.78. The van der Waals surface area contributed by atoms with E-state index in [2.05, 4.69) is 9.80 Å². The van der Waals surface area contributed by atoms with Crippen molar-refractivity contribution in [2.45, 2.75) is 13.0 Å². The maximum atomic E-state index is 13.1. The number of hydrogen-bond acceptors (Lipinski definition) is 5. The maximum absolute atomic E-state index is 13.1. The molecule has 0 spiro atoms. The van der Waals surface area contributed by atoms with E-state index in [1.165, 1.54) is 12.1 Å². The van der Waals surface area contributed by atoms with Crippen LogP contribution in [0.25, 0.3) is 0 Å². The van der Waals surface area contributed by atoms with Crippen molar-refractivity contribution in [3.05, 3.63) is 54.3 Å². The smallest absolute Gasteiger partial charge is 0.236 e. The van der Waals surface area contributed by atoms with Crippen LogP contribution in [0.3, 0.4) is 0 Å². The summed E-state index contributed by atoms with van der Waals surface area (Å²) in [6.45, 7) is 7.22. The number of benzene rings is 2. The number of ether oxygens (including phenoxy) is 2. The van der Waals surface area contributed by atoms with Crippen LogP contribution in [-0.4, -0.2) is 74.2 Å². The fourth-order valence-electron chi connectivity index (χ4n) is 3.91. The summed E-state index contributed by atoms with van der Waals surface area (Å²) < 4.78 is 24.9. The summed E-state index contributed by atoms with van der Waals surface area (Å²) in [6.07, 6.45) is -0.167. The molecule has 0 unspecified atom stereocenters. The molecule has 0 N–H and O–H groups in total. The molecule has 4 rings (SSSR count). The third kappa shape index (κ3) is 4.84. The van der Waals surface area contributed by atoms with E-state index in [1.54, 1.807) is 12.1 Å². The third-order valence-corrected chi connectivity index (χ3v) is 5.65. The van der Waals surface area contributed by atoms with Gasteiger partial charge in [0, 0.05) is 38.4 Å². The van der Waals surface area contributed by atoms with E-state index in [4.69, 9.17) is 9.47 Å². The first-order valence-electron chi connectivity index (χ1n) is 10.5. The Labute approximate surface area is 176 Å². The highest BCUT2D eigenvalue weighted by atomic mass is 19.1. The number of amides is 1. The number of halogens is 1. The van der Waals surface area contributed by atoms with Gasteiger partial charge in [0.05, 0.1) is 13.1 Å². The first kappa shape index (κ1) is 20.5. The second kappa shape index (κ2) is 9.34. The van der Waals surface area contributed by atoms with Crippen molar-refractivity contribution in [3.8, 4) is 11.5 Å². The average molecular weight is 413 g/mol. The lowest BCUT2D eigenvalue weighted by atomic mass is 10.2. The van der Waals surface area contributed by atoms with Crippen LogP contribution in [-0.2, 0) is 4.79 Å². The van der Waals surface area contributed by atoms with Crippen LogP contribution in [0.2, 0.25) is 0 Å². The quantitative estimate of drug-likeness (QED) is 0.729. The van der Waals surface area contributed by atoms with Gasteiger partial charge in [0.25, 0.3) is 0 Å². The normalized spacial score (nSPS) is 18.9. The van der Waals surface area contributed by atoms with Crippen molar-refractivity contribution in [2.24, 2.45) is 0 Å². The molecule has 2 aromatic rings. The van der Waals surface area contributed by atoms with Gasteiger partial charge in [-0.3, -0.25) is 9.69 Å². The van der Waals surface area contributed by atoms with Crippen LogP contribution < -0.4 is 14.4 Å². The molecule has 0 aliphatic carbocycles. The molecule has 1 amide bonds. The van der Waals surface area contributed by atoms with Crippen LogP contribution >= 0.6 is 0 Å². The van der Waals surface area contributed by atoms with Crippen molar-refractivity contribution in [1.29, 1.82) is 0 Å². The zero-order valence-electron chi connectivity index (χ0n) is 17.3. The molecule has 0 aromatic heterocycles. The van der Waals surface area contributed by atoms with Crippen molar-refractivity contribution in [1.82, 2.24) is 9.80 Å². The van der Waals surface area contributed by atoms with Crippen molar-refractivity contribution in [2.75, 3.05) is 57.3 Å². The fraction of sp³-hybridized carbons (Fsp3) is 0.435. The molecule has 0 bridgehead atoms. The highest BCUT2D eigenvalue weighted by Gasteiger charge is 2.26. The number of likely N-dealkylation sites (N-methyl/N-ethyl adjacent to an activating group) is 1. The lowest BCUT2D eigenvalue weighted by Gasteiger charge is -2.37. The Morgan fingerprint density at radius 3 is 2.47 bits per heavy atom. The molecule has 2 aliphatic heterocycles. The molecule has 0 saturated carbocycles. The molecule has 1 fully saturated rings. The van der Waals surface area contributed by atoms with Crippen molar-refractivity contribution < 1.29 is 18.7 Å². The number of piperazine rings is 1. The first-order chi connectivity index (χ1) is 14.6. The molecule has 160 valence electrons. The number of anilines is 1. The standard InChI is InChI=1S/C23H28FN3O3/c1-2-26(15-20-17-29-21-5-3-4-6-22(21)30-20)23(28)16-25-11-13-27(14-12-25)19-9-7-18(24)8-10-19/h3-10,20H,2,11-17H2,1H3/t20-/m1/s1. The van der Waals surface area contributed by atoms with Gasteiger partial charge in [-0.15, -0.1) is 0 Å². The van der Waals surface area contributed by atoms with Gasteiger partial charge in [-0.2, -0.15) is 0 Å². The summed E-state index contributed by atoms with van der Waals surface area (Å²) >= 11 is 0. The van der Waals surface area contributed by atoms with Crippen LogP contribution in [0.4, 0.5) is 10.1 Å². The van der Waals surface area contributed by atoms with E-state index in [1.807, 2.05) is 36.1 Å². The number of hydrogen-bond donors (Lipinski definition) is 0. The SMILES string of the molecule is CCN(C[C@@H]1COc2ccccc2O1)C(=O)CN1CCN(c2ccc(F)cc2)CC1. The Morgan fingerprint density at radius 2 is 1.77 bits per heavy atom. The molecule has 1 saturated heterocycles. The second-order valence-electron chi connectivity index (χ2n) is 7.67. The molecule has 2 aromatic carbocycles. The molecular weight excluding hydrogens is 385 g/mol. The lowest BCUT2D eigenvalue weighted by Crippen LogP contribution is -2.51. The largest absolute Gasteiger partial charge is 0.486 e. The van der Waals surface area contributed by atoms with Crippen molar-refractivity contribution >= 4 is 11.6 Å². The second-order valence-corrected chi connectivity index (χ2v) is 7.67. The van der Waals surface area contributed by atoms with E-state index in [9.17, 15) is 9.18 Å². The van der Waals surface area contributed by atoms with Gasteiger partial charge < -0.3 is 19.3 Å². The fourth-order valence-corrected chi connectivity index (χ4v) is 3.91. The molecule has 30 heavy (non-hydrogen) atoms. The van der Waals surface area contributed by atoms with Crippen LogP contribution in [0, 0.1) is 5.82 Å². The van der Waals surface area contributed by atoms with E-state index < -0.39 is 0 Å². The molecule has 6 nitrogen and oxygen atoms in total. The summed E-state index contributed by atoms with van der Waals surface area (Å²) in [4.78, 5) is 19.1. The van der Waals surface area contributed by atoms with Gasteiger partial charge in [-0.1, -0.05) is 12.1 Å². The monoisotopic (exact) mass is 413 g/mol. The highest BCUT2D eigenvalue weighted by molar-refractivity contribution is 5.78. The molecule has 1 atom stereocenters. The Kier molecular flexibility index (Phi) is 6.38. The number of carbonyl (C=O) groups excluding carboxylic acids is 1. The van der Waals surface area contributed by atoms with Crippen molar-refractivity contribution in [3.63, 3.8) is 0 Å². The minimum absolute atomic E-state index is 0.107. The number of para-hydroxylation sites is 2.